The van der Waals surface area contributed by atoms with Crippen LogP contribution >= 0.6 is 0 Å². The Hall–Kier alpha value is -2.07. The van der Waals surface area contributed by atoms with Gasteiger partial charge in [0.2, 0.25) is 0 Å². The molecule has 1 heteroatoms. The molecule has 0 aliphatic heterocycles. The van der Waals surface area contributed by atoms with E-state index in [4.69, 9.17) is 6.57 Å². The second-order valence-corrected chi connectivity index (χ2v) is 5.41. The van der Waals surface area contributed by atoms with Crippen LogP contribution in [0.25, 0.3) is 4.85 Å². The van der Waals surface area contributed by atoms with Crippen LogP contribution in [0.15, 0.2) is 42.5 Å². The number of hydrogen-bond acceptors (Lipinski definition) is 0. The smallest absolute Gasteiger partial charge is 0.187 e. The third-order valence-corrected chi connectivity index (χ3v) is 3.97. The molecule has 2 aromatic rings. The van der Waals surface area contributed by atoms with Crippen molar-refractivity contribution in [3.63, 3.8) is 0 Å². The van der Waals surface area contributed by atoms with Crippen molar-refractivity contribution in [3.05, 3.63) is 76.1 Å². The maximum Gasteiger partial charge on any atom is 0.187 e. The van der Waals surface area contributed by atoms with Crippen molar-refractivity contribution in [2.75, 3.05) is 0 Å². The predicted molar refractivity (Wildman–Crippen MR) is 74.1 cm³/mol. The molecule has 1 aliphatic rings. The largest absolute Gasteiger partial charge is 0.238 e. The van der Waals surface area contributed by atoms with Gasteiger partial charge >= 0.3 is 0 Å². The zero-order valence-electron chi connectivity index (χ0n) is 10.7. The predicted octanol–water partition coefficient (Wildman–Crippen LogP) is 4.47. The highest BCUT2D eigenvalue weighted by Gasteiger charge is 2.31. The molecule has 0 heterocycles. The summed E-state index contributed by atoms with van der Waals surface area (Å²) in [6, 6.07) is 14.7. The van der Waals surface area contributed by atoms with E-state index in [1.807, 2.05) is 6.07 Å². The van der Waals surface area contributed by atoms with E-state index in [9.17, 15) is 0 Å². The molecule has 0 amide bonds. The topological polar surface area (TPSA) is 4.36 Å². The van der Waals surface area contributed by atoms with Crippen LogP contribution in [0.2, 0.25) is 0 Å². The zero-order valence-corrected chi connectivity index (χ0v) is 10.7. The second kappa shape index (κ2) is 3.71. The van der Waals surface area contributed by atoms with E-state index in [1.165, 1.54) is 22.3 Å². The molecule has 18 heavy (non-hydrogen) atoms. The quantitative estimate of drug-likeness (QED) is 0.591. The summed E-state index contributed by atoms with van der Waals surface area (Å²) in [5, 5.41) is 0. The summed E-state index contributed by atoms with van der Waals surface area (Å²) < 4.78 is 0. The van der Waals surface area contributed by atoms with Crippen molar-refractivity contribution in [1.82, 2.24) is 0 Å². The van der Waals surface area contributed by atoms with Gasteiger partial charge in [0.15, 0.2) is 5.69 Å². The van der Waals surface area contributed by atoms with E-state index >= 15 is 0 Å². The Balaban J connectivity index is 2.26. The van der Waals surface area contributed by atoms with Crippen molar-refractivity contribution >= 4 is 5.69 Å². The van der Waals surface area contributed by atoms with Crippen LogP contribution in [0.5, 0.6) is 0 Å². The lowest BCUT2D eigenvalue weighted by atomic mass is 9.69. The molecule has 0 saturated heterocycles. The Morgan fingerprint density at radius 3 is 2.50 bits per heavy atom. The van der Waals surface area contributed by atoms with Crippen LogP contribution in [0.3, 0.4) is 0 Å². The SMILES string of the molecule is [C-]#[N+]c1ccc2c(c1)C(C)(C)c1ccccc1C2. The van der Waals surface area contributed by atoms with Crippen LogP contribution in [0.1, 0.15) is 36.1 Å². The Morgan fingerprint density at radius 1 is 1.00 bits per heavy atom. The van der Waals surface area contributed by atoms with Gasteiger partial charge in [0.05, 0.1) is 6.57 Å². The fourth-order valence-corrected chi connectivity index (χ4v) is 3.00. The maximum atomic E-state index is 7.16. The minimum absolute atomic E-state index is 0.00905. The molecule has 1 nitrogen and oxygen atoms in total. The van der Waals surface area contributed by atoms with Crippen LogP contribution in [0, 0.1) is 6.57 Å². The standard InChI is InChI=1S/C17H15N/c1-17(2)15-7-5-4-6-12(15)10-13-8-9-14(18-3)11-16(13)17/h4-9,11H,10H2,1-2H3. The number of rotatable bonds is 0. The van der Waals surface area contributed by atoms with E-state index in [0.29, 0.717) is 0 Å². The van der Waals surface area contributed by atoms with Gasteiger partial charge in [0.25, 0.3) is 0 Å². The molecule has 0 unspecified atom stereocenters. The second-order valence-electron chi connectivity index (χ2n) is 5.41. The molecule has 0 bridgehead atoms. The molecule has 0 spiro atoms. The Morgan fingerprint density at radius 2 is 1.72 bits per heavy atom. The van der Waals surface area contributed by atoms with Gasteiger partial charge in [-0.1, -0.05) is 56.3 Å². The molecule has 0 saturated carbocycles. The third-order valence-electron chi connectivity index (χ3n) is 3.97. The maximum absolute atomic E-state index is 7.16. The molecular formula is C17H15N. The molecule has 0 atom stereocenters. The van der Waals surface area contributed by atoms with Crippen molar-refractivity contribution in [1.29, 1.82) is 0 Å². The summed E-state index contributed by atoms with van der Waals surface area (Å²) in [5.74, 6) is 0. The van der Waals surface area contributed by atoms with Gasteiger partial charge in [-0.2, -0.15) is 0 Å². The zero-order chi connectivity index (χ0) is 12.8. The minimum atomic E-state index is -0.00905. The van der Waals surface area contributed by atoms with Crippen molar-refractivity contribution in [2.45, 2.75) is 25.7 Å². The van der Waals surface area contributed by atoms with Gasteiger partial charge in [-0.15, -0.1) is 0 Å². The van der Waals surface area contributed by atoms with Crippen LogP contribution in [0.4, 0.5) is 5.69 Å². The Bertz CT molecular complexity index is 660. The van der Waals surface area contributed by atoms with Gasteiger partial charge in [0, 0.05) is 5.41 Å². The fourth-order valence-electron chi connectivity index (χ4n) is 3.00. The van der Waals surface area contributed by atoms with E-state index in [-0.39, 0.29) is 5.41 Å². The van der Waals surface area contributed by atoms with Crippen LogP contribution in [-0.4, -0.2) is 0 Å². The number of hydrogen-bond donors (Lipinski definition) is 0. The van der Waals surface area contributed by atoms with Crippen LogP contribution < -0.4 is 0 Å². The molecule has 1 aliphatic carbocycles. The molecule has 0 fully saturated rings. The number of nitrogens with zero attached hydrogens (tertiary/aromatic N) is 1. The first kappa shape index (κ1) is 11.0. The number of fused-ring (bicyclic) bond motifs is 2. The molecule has 2 aromatic carbocycles. The third kappa shape index (κ3) is 1.46. The molecule has 3 rings (SSSR count). The average molecular weight is 233 g/mol. The van der Waals surface area contributed by atoms with Gasteiger partial charge < -0.3 is 0 Å². The first-order chi connectivity index (χ1) is 8.63. The van der Waals surface area contributed by atoms with E-state index in [1.54, 1.807) is 0 Å². The molecule has 0 N–H and O–H groups in total. The average Bonchev–Trinajstić information content (AvgIpc) is 2.39. The summed E-state index contributed by atoms with van der Waals surface area (Å²) in [5.41, 5.74) is 6.18. The highest BCUT2D eigenvalue weighted by atomic mass is 14.6. The van der Waals surface area contributed by atoms with Gasteiger partial charge in [-0.05, 0) is 28.7 Å². The Labute approximate surface area is 108 Å². The lowest BCUT2D eigenvalue weighted by Crippen LogP contribution is -2.26. The fraction of sp³-hybridized carbons (Fsp3) is 0.235. The summed E-state index contributed by atoms with van der Waals surface area (Å²) >= 11 is 0. The number of benzene rings is 2. The lowest BCUT2D eigenvalue weighted by Gasteiger charge is -2.35. The minimum Gasteiger partial charge on any atom is -0.238 e. The summed E-state index contributed by atoms with van der Waals surface area (Å²) in [6.07, 6.45) is 0.979. The van der Waals surface area contributed by atoms with Crippen LogP contribution in [-0.2, 0) is 11.8 Å². The van der Waals surface area contributed by atoms with Gasteiger partial charge in [-0.3, -0.25) is 0 Å². The van der Waals surface area contributed by atoms with Crippen molar-refractivity contribution in [3.8, 4) is 0 Å². The van der Waals surface area contributed by atoms with E-state index in [2.05, 4.69) is 55.1 Å². The molecule has 0 radical (unpaired) electrons. The normalized spacial score (nSPS) is 15.4. The van der Waals surface area contributed by atoms with E-state index in [0.717, 1.165) is 12.1 Å². The van der Waals surface area contributed by atoms with Crippen molar-refractivity contribution in [2.24, 2.45) is 0 Å². The van der Waals surface area contributed by atoms with E-state index < -0.39 is 0 Å². The first-order valence-corrected chi connectivity index (χ1v) is 6.22. The molecule has 0 aromatic heterocycles. The monoisotopic (exact) mass is 233 g/mol. The summed E-state index contributed by atoms with van der Waals surface area (Å²) in [4.78, 5) is 3.55. The Kier molecular flexibility index (Phi) is 2.28. The van der Waals surface area contributed by atoms with Gasteiger partial charge in [0.1, 0.15) is 0 Å². The highest BCUT2D eigenvalue weighted by molar-refractivity contribution is 5.58. The molecule has 88 valence electrons. The molecular weight excluding hydrogens is 218 g/mol. The summed E-state index contributed by atoms with van der Waals surface area (Å²) in [6.45, 7) is 11.7. The van der Waals surface area contributed by atoms with Gasteiger partial charge in [-0.25, -0.2) is 4.85 Å². The first-order valence-electron chi connectivity index (χ1n) is 6.22. The van der Waals surface area contributed by atoms with Crippen molar-refractivity contribution < 1.29 is 0 Å². The lowest BCUT2D eigenvalue weighted by molar-refractivity contribution is 0.611. The highest BCUT2D eigenvalue weighted by Crippen LogP contribution is 2.42. The summed E-state index contributed by atoms with van der Waals surface area (Å²) in [7, 11) is 0.